The summed E-state index contributed by atoms with van der Waals surface area (Å²) < 4.78 is 27.5. The first kappa shape index (κ1) is 15.2. The first-order valence-corrected chi connectivity index (χ1v) is 8.64. The molecule has 0 N–H and O–H groups in total. The number of nitrogens with zero attached hydrogens (tertiary/aromatic N) is 2. The van der Waals surface area contributed by atoms with E-state index in [0.717, 1.165) is 5.56 Å². The molecule has 0 bridgehead atoms. The molecule has 0 spiro atoms. The molecule has 0 radical (unpaired) electrons. The van der Waals surface area contributed by atoms with Crippen molar-refractivity contribution in [2.75, 3.05) is 4.31 Å². The first-order valence-electron chi connectivity index (χ1n) is 7.20. The minimum absolute atomic E-state index is 0.231. The SMILES string of the molecule is O=S(=O)(c1ccccc1)N(Cc1cccnc1)c1ccccc1. The van der Waals surface area contributed by atoms with E-state index >= 15 is 0 Å². The lowest BCUT2D eigenvalue weighted by atomic mass is 10.2. The highest BCUT2D eigenvalue weighted by atomic mass is 32.2. The third-order valence-corrected chi connectivity index (χ3v) is 5.21. The molecule has 0 amide bonds. The Bertz CT molecular complexity index is 851. The van der Waals surface area contributed by atoms with Crippen LogP contribution in [0.2, 0.25) is 0 Å². The summed E-state index contributed by atoms with van der Waals surface area (Å²) in [6, 6.07) is 21.2. The number of hydrogen-bond donors (Lipinski definition) is 0. The zero-order valence-electron chi connectivity index (χ0n) is 12.4. The molecule has 2 aromatic carbocycles. The summed E-state index contributed by atoms with van der Waals surface area (Å²) in [4.78, 5) is 4.34. The van der Waals surface area contributed by atoms with E-state index in [1.54, 1.807) is 60.9 Å². The predicted molar refractivity (Wildman–Crippen MR) is 90.5 cm³/mol. The number of hydrogen-bond acceptors (Lipinski definition) is 3. The number of sulfonamides is 1. The van der Waals surface area contributed by atoms with Gasteiger partial charge in [-0.25, -0.2) is 8.42 Å². The minimum atomic E-state index is -3.65. The van der Waals surface area contributed by atoms with Gasteiger partial charge in [-0.15, -0.1) is 0 Å². The van der Waals surface area contributed by atoms with E-state index in [1.807, 2.05) is 24.3 Å². The van der Waals surface area contributed by atoms with Gasteiger partial charge in [-0.05, 0) is 35.9 Å². The van der Waals surface area contributed by atoms with Gasteiger partial charge in [0.2, 0.25) is 0 Å². The Morgan fingerprint density at radius 3 is 2.09 bits per heavy atom. The van der Waals surface area contributed by atoms with Crippen molar-refractivity contribution in [1.82, 2.24) is 4.98 Å². The molecule has 0 fully saturated rings. The summed E-state index contributed by atoms with van der Waals surface area (Å²) in [7, 11) is -3.65. The Labute approximate surface area is 136 Å². The Kier molecular flexibility index (Phi) is 4.39. The van der Waals surface area contributed by atoms with Crippen molar-refractivity contribution in [1.29, 1.82) is 0 Å². The summed E-state index contributed by atoms with van der Waals surface area (Å²) in [5.41, 5.74) is 1.45. The smallest absolute Gasteiger partial charge is 0.264 e. The number of anilines is 1. The van der Waals surface area contributed by atoms with E-state index < -0.39 is 10.0 Å². The van der Waals surface area contributed by atoms with Crippen molar-refractivity contribution in [3.05, 3.63) is 90.8 Å². The fourth-order valence-electron chi connectivity index (χ4n) is 2.29. The first-order chi connectivity index (χ1) is 11.2. The summed E-state index contributed by atoms with van der Waals surface area (Å²) in [6.45, 7) is 0.231. The van der Waals surface area contributed by atoms with Crippen LogP contribution in [-0.2, 0) is 16.6 Å². The van der Waals surface area contributed by atoms with E-state index in [-0.39, 0.29) is 11.4 Å². The highest BCUT2D eigenvalue weighted by Gasteiger charge is 2.24. The molecule has 4 nitrogen and oxygen atoms in total. The maximum atomic E-state index is 13.0. The molecular weight excluding hydrogens is 308 g/mol. The van der Waals surface area contributed by atoms with Gasteiger partial charge in [0.05, 0.1) is 17.1 Å². The van der Waals surface area contributed by atoms with E-state index in [4.69, 9.17) is 0 Å². The second kappa shape index (κ2) is 6.62. The Hall–Kier alpha value is -2.66. The average molecular weight is 324 g/mol. The quantitative estimate of drug-likeness (QED) is 0.722. The van der Waals surface area contributed by atoms with Gasteiger partial charge in [-0.3, -0.25) is 9.29 Å². The van der Waals surface area contributed by atoms with Gasteiger partial charge in [0.25, 0.3) is 10.0 Å². The molecule has 0 atom stereocenters. The lowest BCUT2D eigenvalue weighted by Gasteiger charge is -2.24. The normalized spacial score (nSPS) is 11.1. The third-order valence-electron chi connectivity index (χ3n) is 3.42. The molecule has 0 unspecified atom stereocenters. The summed E-state index contributed by atoms with van der Waals surface area (Å²) in [5, 5.41) is 0. The number of benzene rings is 2. The Morgan fingerprint density at radius 1 is 0.826 bits per heavy atom. The van der Waals surface area contributed by atoms with Crippen LogP contribution in [0.5, 0.6) is 0 Å². The standard InChI is InChI=1S/C18H16N2O2S/c21-23(22,18-11-5-2-6-12-18)20(17-9-3-1-4-10-17)15-16-8-7-13-19-14-16/h1-14H,15H2. The number of aromatic nitrogens is 1. The second-order valence-corrected chi connectivity index (χ2v) is 6.88. The molecule has 116 valence electrons. The topological polar surface area (TPSA) is 50.3 Å². The fraction of sp³-hybridized carbons (Fsp3) is 0.0556. The average Bonchev–Trinajstić information content (AvgIpc) is 2.62. The van der Waals surface area contributed by atoms with E-state index in [9.17, 15) is 8.42 Å². The lowest BCUT2D eigenvalue weighted by Crippen LogP contribution is -2.30. The van der Waals surface area contributed by atoms with Gasteiger partial charge in [-0.1, -0.05) is 42.5 Å². The van der Waals surface area contributed by atoms with E-state index in [2.05, 4.69) is 4.98 Å². The van der Waals surface area contributed by atoms with Crippen LogP contribution >= 0.6 is 0 Å². The highest BCUT2D eigenvalue weighted by Crippen LogP contribution is 2.25. The molecule has 0 aliphatic rings. The highest BCUT2D eigenvalue weighted by molar-refractivity contribution is 7.92. The number of pyridine rings is 1. The second-order valence-electron chi connectivity index (χ2n) is 5.02. The van der Waals surface area contributed by atoms with Crippen molar-refractivity contribution in [3.63, 3.8) is 0 Å². The zero-order valence-corrected chi connectivity index (χ0v) is 13.2. The van der Waals surface area contributed by atoms with Crippen molar-refractivity contribution < 1.29 is 8.42 Å². The van der Waals surface area contributed by atoms with E-state index in [1.165, 1.54) is 4.31 Å². The molecule has 0 aliphatic carbocycles. The maximum absolute atomic E-state index is 13.0. The molecule has 1 heterocycles. The fourth-order valence-corrected chi connectivity index (χ4v) is 3.76. The Balaban J connectivity index is 2.05. The van der Waals surface area contributed by atoms with Crippen LogP contribution in [0.3, 0.4) is 0 Å². The van der Waals surface area contributed by atoms with Crippen LogP contribution in [0.25, 0.3) is 0 Å². The van der Waals surface area contributed by atoms with Crippen LogP contribution in [0.4, 0.5) is 5.69 Å². The van der Waals surface area contributed by atoms with Crippen LogP contribution in [0, 0.1) is 0 Å². The molecule has 0 aliphatic heterocycles. The summed E-state index contributed by atoms with van der Waals surface area (Å²) in [5.74, 6) is 0. The number of rotatable bonds is 5. The van der Waals surface area contributed by atoms with Gasteiger partial charge in [0.1, 0.15) is 0 Å². The summed E-state index contributed by atoms with van der Waals surface area (Å²) >= 11 is 0. The largest absolute Gasteiger partial charge is 0.264 e. The van der Waals surface area contributed by atoms with Crippen LogP contribution in [0.1, 0.15) is 5.56 Å². The molecule has 1 aromatic heterocycles. The van der Waals surface area contributed by atoms with Crippen LogP contribution in [-0.4, -0.2) is 13.4 Å². The van der Waals surface area contributed by atoms with Crippen molar-refractivity contribution in [2.45, 2.75) is 11.4 Å². The zero-order chi connectivity index (χ0) is 16.1. The minimum Gasteiger partial charge on any atom is -0.264 e. The van der Waals surface area contributed by atoms with Gasteiger partial charge >= 0.3 is 0 Å². The van der Waals surface area contributed by atoms with Crippen molar-refractivity contribution >= 4 is 15.7 Å². The number of para-hydroxylation sites is 1. The molecule has 3 rings (SSSR count). The molecule has 3 aromatic rings. The molecule has 0 saturated heterocycles. The third kappa shape index (κ3) is 3.40. The monoisotopic (exact) mass is 324 g/mol. The molecule has 0 saturated carbocycles. The van der Waals surface area contributed by atoms with Crippen LogP contribution in [0.15, 0.2) is 90.1 Å². The van der Waals surface area contributed by atoms with Crippen molar-refractivity contribution in [3.8, 4) is 0 Å². The predicted octanol–water partition coefficient (Wildman–Crippen LogP) is 3.48. The van der Waals surface area contributed by atoms with Gasteiger partial charge in [0, 0.05) is 12.4 Å². The van der Waals surface area contributed by atoms with Gasteiger partial charge in [0.15, 0.2) is 0 Å². The molecule has 23 heavy (non-hydrogen) atoms. The maximum Gasteiger partial charge on any atom is 0.264 e. The van der Waals surface area contributed by atoms with Crippen LogP contribution < -0.4 is 4.31 Å². The molecular formula is C18H16N2O2S. The van der Waals surface area contributed by atoms with E-state index in [0.29, 0.717) is 5.69 Å². The molecule has 5 heteroatoms. The lowest BCUT2D eigenvalue weighted by molar-refractivity contribution is 0.590. The van der Waals surface area contributed by atoms with Gasteiger partial charge in [-0.2, -0.15) is 0 Å². The Morgan fingerprint density at radius 2 is 1.48 bits per heavy atom. The van der Waals surface area contributed by atoms with Gasteiger partial charge < -0.3 is 0 Å². The van der Waals surface area contributed by atoms with Crippen molar-refractivity contribution in [2.24, 2.45) is 0 Å². The summed E-state index contributed by atoms with van der Waals surface area (Å²) in [6.07, 6.45) is 3.35.